The lowest BCUT2D eigenvalue weighted by Crippen LogP contribution is -2.05. The van der Waals surface area contributed by atoms with Crippen molar-refractivity contribution < 1.29 is 4.92 Å². The number of rotatable bonds is 6. The first-order valence-corrected chi connectivity index (χ1v) is 6.49. The van der Waals surface area contributed by atoms with Crippen LogP contribution < -0.4 is 5.32 Å². The number of nitrogens with zero attached hydrogens (tertiary/aromatic N) is 3. The van der Waals surface area contributed by atoms with Gasteiger partial charge in [-0.25, -0.2) is 4.98 Å². The monoisotopic (exact) mass is 295 g/mol. The van der Waals surface area contributed by atoms with Gasteiger partial charge in [0, 0.05) is 12.2 Å². The van der Waals surface area contributed by atoms with Crippen molar-refractivity contribution in [3.8, 4) is 0 Å². The molecular formula is C12H14ClN5O2. The molecule has 0 bridgehead atoms. The minimum absolute atomic E-state index is 0.0711. The van der Waals surface area contributed by atoms with E-state index in [0.717, 1.165) is 24.1 Å². The molecule has 2 rings (SSSR count). The molecular weight excluding hydrogens is 282 g/mol. The van der Waals surface area contributed by atoms with Crippen LogP contribution >= 0.6 is 11.6 Å². The van der Waals surface area contributed by atoms with E-state index in [9.17, 15) is 10.1 Å². The maximum Gasteiger partial charge on any atom is 0.276 e. The van der Waals surface area contributed by atoms with E-state index in [-0.39, 0.29) is 10.8 Å². The van der Waals surface area contributed by atoms with Crippen LogP contribution in [0.1, 0.15) is 17.7 Å². The van der Waals surface area contributed by atoms with Crippen molar-refractivity contribution in [3.05, 3.63) is 44.9 Å². The second kappa shape index (κ2) is 6.33. The third-order valence-electron chi connectivity index (χ3n) is 2.85. The van der Waals surface area contributed by atoms with Crippen LogP contribution in [-0.4, -0.2) is 26.6 Å². The summed E-state index contributed by atoms with van der Waals surface area (Å²) in [7, 11) is 0. The van der Waals surface area contributed by atoms with E-state index in [1.807, 2.05) is 6.92 Å². The SMILES string of the molecule is Cc1[nH]ncc1CCCNc1cc([N+](=O)[O-])cc(Cl)n1. The molecule has 0 spiro atoms. The van der Waals surface area contributed by atoms with E-state index in [1.54, 1.807) is 6.20 Å². The van der Waals surface area contributed by atoms with Crippen LogP contribution in [0.5, 0.6) is 0 Å². The Hall–Kier alpha value is -2.15. The van der Waals surface area contributed by atoms with Crippen molar-refractivity contribution in [1.82, 2.24) is 15.2 Å². The minimum Gasteiger partial charge on any atom is -0.370 e. The standard InChI is InChI=1S/C12H14ClN5O2/c1-8-9(7-15-17-8)3-2-4-14-12-6-10(18(19)20)5-11(13)16-12/h5-7H,2-4H2,1H3,(H,14,16)(H,15,17). The largest absolute Gasteiger partial charge is 0.370 e. The van der Waals surface area contributed by atoms with Gasteiger partial charge in [-0.05, 0) is 25.3 Å². The lowest BCUT2D eigenvalue weighted by atomic mass is 10.1. The van der Waals surface area contributed by atoms with Crippen molar-refractivity contribution in [2.45, 2.75) is 19.8 Å². The highest BCUT2D eigenvalue weighted by Gasteiger charge is 2.09. The summed E-state index contributed by atoms with van der Waals surface area (Å²) < 4.78 is 0. The molecule has 20 heavy (non-hydrogen) atoms. The maximum atomic E-state index is 10.7. The molecule has 0 atom stereocenters. The third-order valence-corrected chi connectivity index (χ3v) is 3.05. The first-order valence-electron chi connectivity index (χ1n) is 6.11. The quantitative estimate of drug-likeness (QED) is 0.369. The molecule has 2 aromatic heterocycles. The van der Waals surface area contributed by atoms with Crippen molar-refractivity contribution in [3.63, 3.8) is 0 Å². The van der Waals surface area contributed by atoms with Gasteiger partial charge in [0.1, 0.15) is 11.0 Å². The molecule has 0 amide bonds. The number of anilines is 1. The van der Waals surface area contributed by atoms with Crippen molar-refractivity contribution in [1.29, 1.82) is 0 Å². The zero-order valence-electron chi connectivity index (χ0n) is 10.9. The fourth-order valence-electron chi connectivity index (χ4n) is 1.80. The molecule has 0 saturated heterocycles. The smallest absolute Gasteiger partial charge is 0.276 e. The van der Waals surface area contributed by atoms with E-state index in [4.69, 9.17) is 11.6 Å². The Morgan fingerprint density at radius 2 is 2.30 bits per heavy atom. The normalized spacial score (nSPS) is 10.5. The lowest BCUT2D eigenvalue weighted by Gasteiger charge is -2.05. The Morgan fingerprint density at radius 1 is 1.50 bits per heavy atom. The molecule has 0 saturated carbocycles. The van der Waals surface area contributed by atoms with Gasteiger partial charge in [0.15, 0.2) is 0 Å². The number of nitro groups is 1. The van der Waals surface area contributed by atoms with Gasteiger partial charge in [-0.3, -0.25) is 15.2 Å². The predicted molar refractivity (Wildman–Crippen MR) is 76.0 cm³/mol. The molecule has 0 fully saturated rings. The van der Waals surface area contributed by atoms with Gasteiger partial charge in [0.2, 0.25) is 0 Å². The predicted octanol–water partition coefficient (Wildman–Crippen LogP) is 2.72. The van der Waals surface area contributed by atoms with Gasteiger partial charge < -0.3 is 5.32 Å². The molecule has 0 radical (unpaired) electrons. The van der Waals surface area contributed by atoms with Gasteiger partial charge in [0.05, 0.1) is 23.3 Å². The number of H-pyrrole nitrogens is 1. The minimum atomic E-state index is -0.492. The highest BCUT2D eigenvalue weighted by Crippen LogP contribution is 2.20. The average molecular weight is 296 g/mol. The average Bonchev–Trinajstić information content (AvgIpc) is 2.80. The molecule has 8 heteroatoms. The highest BCUT2D eigenvalue weighted by atomic mass is 35.5. The second-order valence-corrected chi connectivity index (χ2v) is 4.73. The molecule has 2 aromatic rings. The van der Waals surface area contributed by atoms with Crippen molar-refractivity contribution >= 4 is 23.1 Å². The van der Waals surface area contributed by atoms with Crippen LogP contribution in [0.25, 0.3) is 0 Å². The van der Waals surface area contributed by atoms with E-state index >= 15 is 0 Å². The number of halogens is 1. The van der Waals surface area contributed by atoms with E-state index in [2.05, 4.69) is 20.5 Å². The molecule has 7 nitrogen and oxygen atoms in total. The van der Waals surface area contributed by atoms with E-state index < -0.39 is 4.92 Å². The molecule has 2 N–H and O–H groups in total. The summed E-state index contributed by atoms with van der Waals surface area (Å²) in [6, 6.07) is 2.59. The summed E-state index contributed by atoms with van der Waals surface area (Å²) in [5, 5.41) is 20.7. The first kappa shape index (κ1) is 14.3. The zero-order chi connectivity index (χ0) is 14.5. The van der Waals surface area contributed by atoms with Gasteiger partial charge >= 0.3 is 0 Å². The van der Waals surface area contributed by atoms with Gasteiger partial charge in [-0.1, -0.05) is 11.6 Å². The molecule has 0 unspecified atom stereocenters. The van der Waals surface area contributed by atoms with Crippen LogP contribution in [0.15, 0.2) is 18.3 Å². The van der Waals surface area contributed by atoms with Crippen LogP contribution in [0.2, 0.25) is 5.15 Å². The van der Waals surface area contributed by atoms with Crippen LogP contribution in [0, 0.1) is 17.0 Å². The Morgan fingerprint density at radius 3 is 2.95 bits per heavy atom. The summed E-state index contributed by atoms with van der Waals surface area (Å²) in [4.78, 5) is 14.2. The van der Waals surface area contributed by atoms with Crippen LogP contribution in [-0.2, 0) is 6.42 Å². The first-order chi connectivity index (χ1) is 9.56. The summed E-state index contributed by atoms with van der Waals surface area (Å²) in [6.07, 6.45) is 3.54. The molecule has 0 aliphatic carbocycles. The maximum absolute atomic E-state index is 10.7. The van der Waals surface area contributed by atoms with Crippen molar-refractivity contribution in [2.24, 2.45) is 0 Å². The number of hydrogen-bond donors (Lipinski definition) is 2. The fraction of sp³-hybridized carbons (Fsp3) is 0.333. The summed E-state index contributed by atoms with van der Waals surface area (Å²) in [6.45, 7) is 2.62. The van der Waals surface area contributed by atoms with Crippen LogP contribution in [0.4, 0.5) is 11.5 Å². The van der Waals surface area contributed by atoms with Gasteiger partial charge in [-0.15, -0.1) is 0 Å². The molecule has 0 aliphatic rings. The van der Waals surface area contributed by atoms with Crippen LogP contribution in [0.3, 0.4) is 0 Å². The number of pyridine rings is 1. The zero-order valence-corrected chi connectivity index (χ0v) is 11.6. The summed E-state index contributed by atoms with van der Waals surface area (Å²) >= 11 is 5.74. The molecule has 0 aromatic carbocycles. The summed E-state index contributed by atoms with van der Waals surface area (Å²) in [5.74, 6) is 0.410. The van der Waals surface area contributed by atoms with E-state index in [0.29, 0.717) is 12.4 Å². The topological polar surface area (TPSA) is 96.7 Å². The Kier molecular flexibility index (Phi) is 4.52. The molecule has 2 heterocycles. The number of hydrogen-bond acceptors (Lipinski definition) is 5. The Balaban J connectivity index is 1.88. The number of aromatic nitrogens is 3. The summed E-state index contributed by atoms with van der Waals surface area (Å²) in [5.41, 5.74) is 2.15. The number of aryl methyl sites for hydroxylation is 2. The number of nitrogens with one attached hydrogen (secondary N) is 2. The Labute approximate surface area is 120 Å². The van der Waals surface area contributed by atoms with E-state index in [1.165, 1.54) is 12.1 Å². The molecule has 0 aliphatic heterocycles. The fourth-order valence-corrected chi connectivity index (χ4v) is 2.01. The highest BCUT2D eigenvalue weighted by molar-refractivity contribution is 6.29. The second-order valence-electron chi connectivity index (χ2n) is 4.34. The van der Waals surface area contributed by atoms with Gasteiger partial charge in [0.25, 0.3) is 5.69 Å². The third kappa shape index (κ3) is 3.67. The van der Waals surface area contributed by atoms with Crippen molar-refractivity contribution in [2.75, 3.05) is 11.9 Å². The Bertz CT molecular complexity index is 614. The lowest BCUT2D eigenvalue weighted by molar-refractivity contribution is -0.384. The number of aromatic amines is 1. The van der Waals surface area contributed by atoms with Gasteiger partial charge in [-0.2, -0.15) is 5.10 Å². The molecule has 106 valence electrons.